The molecule has 2 aromatic rings. The summed E-state index contributed by atoms with van der Waals surface area (Å²) in [5.74, 6) is -0.828. The number of allylic oxidation sites excluding steroid dienone is 3. The Labute approximate surface area is 214 Å². The molecule has 2 unspecified atom stereocenters. The Hall–Kier alpha value is -2.70. The van der Waals surface area contributed by atoms with Crippen LogP contribution in [0.15, 0.2) is 67.3 Å². The Bertz CT molecular complexity index is 1080. The number of alkyl halides is 5. The molecule has 37 heavy (non-hydrogen) atoms. The van der Waals surface area contributed by atoms with Gasteiger partial charge in [-0.3, -0.25) is 0 Å². The van der Waals surface area contributed by atoms with Crippen LogP contribution in [0.5, 0.6) is 5.75 Å². The van der Waals surface area contributed by atoms with Crippen LogP contribution < -0.4 is 4.74 Å². The van der Waals surface area contributed by atoms with Gasteiger partial charge in [0.1, 0.15) is 11.6 Å². The summed E-state index contributed by atoms with van der Waals surface area (Å²) >= 11 is 0. The smallest absolute Gasteiger partial charge is 0.419 e. The number of hydrogen-bond acceptors (Lipinski definition) is 1. The van der Waals surface area contributed by atoms with Crippen molar-refractivity contribution in [3.05, 3.63) is 78.7 Å². The molecular weight excluding hydrogens is 490 g/mol. The average molecular weight is 523 g/mol. The molecule has 1 nitrogen and oxygen atoms in total. The normalized spacial score (nSPS) is 24.6. The first-order valence-electron chi connectivity index (χ1n) is 12.9. The van der Waals surface area contributed by atoms with Gasteiger partial charge in [-0.1, -0.05) is 36.4 Å². The van der Waals surface area contributed by atoms with Gasteiger partial charge >= 0.3 is 12.3 Å². The Morgan fingerprint density at radius 2 is 1.51 bits per heavy atom. The quantitative estimate of drug-likeness (QED) is 0.248. The van der Waals surface area contributed by atoms with Gasteiger partial charge in [-0.05, 0) is 105 Å². The summed E-state index contributed by atoms with van der Waals surface area (Å²) in [4.78, 5) is 0. The number of hydrogen-bond donors (Lipinski definition) is 0. The number of rotatable bonds is 8. The summed E-state index contributed by atoms with van der Waals surface area (Å²) in [6.07, 6.45) is 5.07. The predicted molar refractivity (Wildman–Crippen MR) is 133 cm³/mol. The molecule has 200 valence electrons. The molecule has 2 aliphatic rings. The van der Waals surface area contributed by atoms with E-state index in [9.17, 15) is 26.3 Å². The molecule has 0 heterocycles. The van der Waals surface area contributed by atoms with Gasteiger partial charge in [0, 0.05) is 0 Å². The molecule has 0 N–H and O–H groups in total. The topological polar surface area (TPSA) is 9.23 Å². The zero-order valence-electron chi connectivity index (χ0n) is 20.6. The van der Waals surface area contributed by atoms with Gasteiger partial charge < -0.3 is 4.74 Å². The highest BCUT2D eigenvalue weighted by Crippen LogP contribution is 2.44. The first kappa shape index (κ1) is 27.3. The number of ether oxygens (including phenoxy) is 1. The van der Waals surface area contributed by atoms with E-state index < -0.39 is 29.6 Å². The van der Waals surface area contributed by atoms with E-state index in [0.717, 1.165) is 50.7 Å². The maximum absolute atomic E-state index is 15.0. The molecule has 2 atom stereocenters. The van der Waals surface area contributed by atoms with Crippen LogP contribution in [0.2, 0.25) is 0 Å². The van der Waals surface area contributed by atoms with Gasteiger partial charge in [0.25, 0.3) is 0 Å². The second kappa shape index (κ2) is 11.4. The van der Waals surface area contributed by atoms with Crippen molar-refractivity contribution < 1.29 is 31.1 Å². The van der Waals surface area contributed by atoms with E-state index in [1.807, 2.05) is 6.08 Å². The monoisotopic (exact) mass is 522 g/mol. The third-order valence-electron chi connectivity index (χ3n) is 7.81. The Balaban J connectivity index is 1.32. The molecule has 0 aliphatic heterocycles. The van der Waals surface area contributed by atoms with E-state index in [1.54, 1.807) is 0 Å². The van der Waals surface area contributed by atoms with Crippen LogP contribution in [0.25, 0.3) is 11.1 Å². The number of benzene rings is 2. The minimum atomic E-state index is -4.79. The summed E-state index contributed by atoms with van der Waals surface area (Å²) in [7, 11) is 0. The second-order valence-electron chi connectivity index (χ2n) is 10.2. The fourth-order valence-electron chi connectivity index (χ4n) is 5.63. The first-order chi connectivity index (χ1) is 17.6. The van der Waals surface area contributed by atoms with Crippen LogP contribution in [-0.2, 0) is 6.18 Å². The van der Waals surface area contributed by atoms with Crippen molar-refractivity contribution in [3.63, 3.8) is 0 Å². The van der Waals surface area contributed by atoms with Gasteiger partial charge in [0.05, 0.1) is 11.5 Å². The lowest BCUT2D eigenvalue weighted by molar-refractivity contribution is -0.224. The maximum atomic E-state index is 15.0. The third kappa shape index (κ3) is 6.79. The molecule has 0 aromatic heterocycles. The maximum Gasteiger partial charge on any atom is 0.419 e. The van der Waals surface area contributed by atoms with Crippen molar-refractivity contribution in [1.82, 2.24) is 0 Å². The molecular formula is C30H32F6O. The van der Waals surface area contributed by atoms with Crippen molar-refractivity contribution in [1.29, 1.82) is 0 Å². The fraction of sp³-hybridized carbons (Fsp3) is 0.467. The Morgan fingerprint density at radius 1 is 0.838 bits per heavy atom. The average Bonchev–Trinajstić information content (AvgIpc) is 2.87. The van der Waals surface area contributed by atoms with E-state index in [0.29, 0.717) is 42.2 Å². The molecule has 0 bridgehead atoms. The summed E-state index contributed by atoms with van der Waals surface area (Å²) in [6, 6.07) is 8.14. The highest BCUT2D eigenvalue weighted by molar-refractivity contribution is 5.64. The molecule has 2 aliphatic carbocycles. The largest absolute Gasteiger partial charge is 0.432 e. The lowest BCUT2D eigenvalue weighted by Gasteiger charge is -2.37. The van der Waals surface area contributed by atoms with Crippen LogP contribution in [0.4, 0.5) is 26.3 Å². The predicted octanol–water partition coefficient (Wildman–Crippen LogP) is 9.84. The van der Waals surface area contributed by atoms with Crippen LogP contribution in [-0.4, -0.2) is 6.11 Å². The summed E-state index contributed by atoms with van der Waals surface area (Å²) in [5.41, 5.74) is -0.736. The van der Waals surface area contributed by atoms with Crippen molar-refractivity contribution >= 4 is 0 Å². The van der Waals surface area contributed by atoms with Gasteiger partial charge in [-0.15, -0.1) is 6.58 Å². The van der Waals surface area contributed by atoms with E-state index in [4.69, 9.17) is 4.74 Å². The molecule has 0 amide bonds. The van der Waals surface area contributed by atoms with Gasteiger partial charge in [0.2, 0.25) is 0 Å². The lowest BCUT2D eigenvalue weighted by atomic mass is 9.71. The highest BCUT2D eigenvalue weighted by atomic mass is 19.4. The van der Waals surface area contributed by atoms with Crippen LogP contribution in [0.3, 0.4) is 0 Å². The molecule has 0 saturated heterocycles. The van der Waals surface area contributed by atoms with Crippen molar-refractivity contribution in [2.24, 2.45) is 23.7 Å². The van der Waals surface area contributed by atoms with Crippen molar-refractivity contribution in [2.75, 3.05) is 0 Å². The van der Waals surface area contributed by atoms with Gasteiger partial charge in [-0.25, -0.2) is 4.39 Å². The molecule has 7 heteroatoms. The Kier molecular flexibility index (Phi) is 8.39. The molecule has 4 rings (SSSR count). The molecule has 2 aromatic carbocycles. The van der Waals surface area contributed by atoms with Gasteiger partial charge in [0.15, 0.2) is 0 Å². The third-order valence-corrected chi connectivity index (χ3v) is 7.81. The highest BCUT2D eigenvalue weighted by Gasteiger charge is 2.44. The van der Waals surface area contributed by atoms with Crippen LogP contribution in [0, 0.1) is 29.5 Å². The first-order valence-corrected chi connectivity index (χ1v) is 12.9. The minimum Gasteiger partial charge on any atom is -0.432 e. The van der Waals surface area contributed by atoms with E-state index in [-0.39, 0.29) is 11.3 Å². The second-order valence-corrected chi connectivity index (χ2v) is 10.2. The van der Waals surface area contributed by atoms with Crippen LogP contribution >= 0.6 is 0 Å². The SMILES string of the molecule is C=CCCC1C=CC(C2CCC(C(F)(F)Oc3ccc(-c4ccc(C(F)(F)F)c(F)c4)cc3)CC2)CC1. The van der Waals surface area contributed by atoms with Crippen molar-refractivity contribution in [2.45, 2.75) is 63.7 Å². The van der Waals surface area contributed by atoms with E-state index in [2.05, 4.69) is 18.7 Å². The minimum absolute atomic E-state index is 0.0379. The molecule has 0 spiro atoms. The fourth-order valence-corrected chi connectivity index (χ4v) is 5.63. The standard InChI is InChI=1S/C30H32F6O/c1-2-3-4-20-5-7-21(8-6-20)22-9-14-25(15-10-22)30(35,36)37-26-16-11-23(12-17-26)24-13-18-27(28(31)19-24)29(32,33)34/h2,5,7,11-13,16-22,25H,1,3-4,6,8-10,14-15H2. The van der Waals surface area contributed by atoms with Crippen LogP contribution in [0.1, 0.15) is 56.9 Å². The van der Waals surface area contributed by atoms with Gasteiger partial charge in [-0.2, -0.15) is 22.0 Å². The Morgan fingerprint density at radius 3 is 2.08 bits per heavy atom. The zero-order valence-corrected chi connectivity index (χ0v) is 20.6. The molecule has 0 radical (unpaired) electrons. The molecule has 1 fully saturated rings. The van der Waals surface area contributed by atoms with E-state index >= 15 is 0 Å². The van der Waals surface area contributed by atoms with E-state index in [1.165, 1.54) is 24.3 Å². The number of halogens is 6. The lowest BCUT2D eigenvalue weighted by Crippen LogP contribution is -2.38. The summed E-state index contributed by atoms with van der Waals surface area (Å²) in [5, 5.41) is 0. The zero-order chi connectivity index (χ0) is 26.6. The van der Waals surface area contributed by atoms with Crippen molar-refractivity contribution in [3.8, 4) is 16.9 Å². The summed E-state index contributed by atoms with van der Waals surface area (Å²) in [6.45, 7) is 3.78. The molecule has 1 saturated carbocycles. The summed E-state index contributed by atoms with van der Waals surface area (Å²) < 4.78 is 87.2.